The van der Waals surface area contributed by atoms with Gasteiger partial charge in [0.05, 0.1) is 6.54 Å². The van der Waals surface area contributed by atoms with Crippen LogP contribution < -0.4 is 20.9 Å². The minimum Gasteiger partial charge on any atom is -0.360 e. The van der Waals surface area contributed by atoms with Gasteiger partial charge in [-0.3, -0.25) is 14.7 Å². The van der Waals surface area contributed by atoms with Crippen LogP contribution in [0.3, 0.4) is 0 Å². The first-order valence-electron chi connectivity index (χ1n) is 11.5. The summed E-state index contributed by atoms with van der Waals surface area (Å²) in [4.78, 5) is 20.7. The number of aliphatic imine (C=N–C) groups is 1. The van der Waals surface area contributed by atoms with E-state index in [1.165, 1.54) is 24.0 Å². The summed E-state index contributed by atoms with van der Waals surface area (Å²) in [5.74, 6) is 0.912. The van der Waals surface area contributed by atoms with Gasteiger partial charge in [-0.25, -0.2) is 0 Å². The van der Waals surface area contributed by atoms with Crippen LogP contribution in [0.2, 0.25) is 0 Å². The number of amides is 1. The number of rotatable bonds is 7. The summed E-state index contributed by atoms with van der Waals surface area (Å²) in [7, 11) is 1.82. The Morgan fingerprint density at radius 2 is 1.88 bits per heavy atom. The van der Waals surface area contributed by atoms with Crippen LogP contribution in [0, 0.1) is 0 Å². The first kappa shape index (κ1) is 22.1. The highest BCUT2D eigenvalue weighted by atomic mass is 16.2. The van der Waals surface area contributed by atoms with E-state index in [0.29, 0.717) is 25.7 Å². The molecule has 2 aliphatic heterocycles. The van der Waals surface area contributed by atoms with E-state index in [1.54, 1.807) is 0 Å². The number of anilines is 1. The molecule has 0 aliphatic carbocycles. The molecule has 0 saturated carbocycles. The molecule has 7 heteroatoms. The van der Waals surface area contributed by atoms with Gasteiger partial charge < -0.3 is 20.9 Å². The standard InChI is InChI=1S/C25H34N6O/c1-26-25(29-17-23-8-5-14-30(23)18-21-6-3-2-4-7-21)28-16-20-9-11-22(12-10-20)31-15-13-27-24(32)19-31/h2-4,6-7,9-12,23H,5,8,13-19H2,1H3,(H,27,32)(H2,26,28,29). The van der Waals surface area contributed by atoms with Crippen LogP contribution in [0.5, 0.6) is 0 Å². The number of hydrogen-bond donors (Lipinski definition) is 3. The Morgan fingerprint density at radius 1 is 1.06 bits per heavy atom. The molecule has 0 aromatic heterocycles. The number of likely N-dealkylation sites (tertiary alicyclic amines) is 1. The van der Waals surface area contributed by atoms with Crippen molar-refractivity contribution in [2.75, 3.05) is 44.7 Å². The monoisotopic (exact) mass is 434 g/mol. The summed E-state index contributed by atoms with van der Waals surface area (Å²) >= 11 is 0. The van der Waals surface area contributed by atoms with Gasteiger partial charge in [-0.1, -0.05) is 42.5 Å². The molecule has 1 atom stereocenters. The van der Waals surface area contributed by atoms with Crippen LogP contribution in [0.15, 0.2) is 59.6 Å². The number of piperazine rings is 1. The zero-order valence-corrected chi connectivity index (χ0v) is 18.9. The number of hydrogen-bond acceptors (Lipinski definition) is 4. The number of benzene rings is 2. The fourth-order valence-corrected chi connectivity index (χ4v) is 4.46. The first-order valence-corrected chi connectivity index (χ1v) is 11.5. The maximum atomic E-state index is 11.6. The third-order valence-electron chi connectivity index (χ3n) is 6.26. The highest BCUT2D eigenvalue weighted by Gasteiger charge is 2.24. The van der Waals surface area contributed by atoms with Gasteiger partial charge in [0.15, 0.2) is 5.96 Å². The van der Waals surface area contributed by atoms with Gasteiger partial charge >= 0.3 is 0 Å². The Labute approximate surface area is 190 Å². The van der Waals surface area contributed by atoms with E-state index in [4.69, 9.17) is 0 Å². The molecule has 32 heavy (non-hydrogen) atoms. The molecule has 2 fully saturated rings. The van der Waals surface area contributed by atoms with Crippen molar-refractivity contribution in [1.82, 2.24) is 20.9 Å². The van der Waals surface area contributed by atoms with E-state index >= 15 is 0 Å². The molecule has 0 spiro atoms. The second kappa shape index (κ2) is 11.0. The van der Waals surface area contributed by atoms with E-state index in [0.717, 1.165) is 37.8 Å². The van der Waals surface area contributed by atoms with Crippen molar-refractivity contribution >= 4 is 17.6 Å². The lowest BCUT2D eigenvalue weighted by atomic mass is 10.1. The Morgan fingerprint density at radius 3 is 2.62 bits per heavy atom. The van der Waals surface area contributed by atoms with Gasteiger partial charge in [0.2, 0.25) is 5.91 Å². The summed E-state index contributed by atoms with van der Waals surface area (Å²) in [6, 6.07) is 19.6. The van der Waals surface area contributed by atoms with Crippen LogP contribution in [0.25, 0.3) is 0 Å². The topological polar surface area (TPSA) is 72.0 Å². The van der Waals surface area contributed by atoms with E-state index < -0.39 is 0 Å². The molecule has 2 heterocycles. The number of carbonyl (C=O) groups is 1. The van der Waals surface area contributed by atoms with E-state index in [2.05, 4.69) is 85.3 Å². The Balaban J connectivity index is 1.24. The molecule has 2 aromatic rings. The van der Waals surface area contributed by atoms with Gasteiger partial charge in [0.1, 0.15) is 0 Å². The van der Waals surface area contributed by atoms with Gasteiger partial charge in [-0.15, -0.1) is 0 Å². The number of nitrogens with one attached hydrogen (secondary N) is 3. The third kappa shape index (κ3) is 6.01. The van der Waals surface area contributed by atoms with Crippen LogP contribution in [-0.4, -0.2) is 62.6 Å². The summed E-state index contributed by atoms with van der Waals surface area (Å²) in [5, 5.41) is 9.80. The molecule has 1 unspecified atom stereocenters. The predicted molar refractivity (Wildman–Crippen MR) is 130 cm³/mol. The molecule has 2 saturated heterocycles. The van der Waals surface area contributed by atoms with Crippen molar-refractivity contribution in [2.45, 2.75) is 32.0 Å². The molecular formula is C25H34N6O. The van der Waals surface area contributed by atoms with Crippen LogP contribution in [0.1, 0.15) is 24.0 Å². The maximum absolute atomic E-state index is 11.6. The molecule has 170 valence electrons. The van der Waals surface area contributed by atoms with Gasteiger partial charge in [0.25, 0.3) is 0 Å². The largest absolute Gasteiger partial charge is 0.360 e. The van der Waals surface area contributed by atoms with Crippen molar-refractivity contribution < 1.29 is 4.79 Å². The Kier molecular flexibility index (Phi) is 7.61. The van der Waals surface area contributed by atoms with Crippen molar-refractivity contribution in [2.24, 2.45) is 4.99 Å². The van der Waals surface area contributed by atoms with Crippen molar-refractivity contribution in [3.8, 4) is 0 Å². The van der Waals surface area contributed by atoms with Crippen LogP contribution in [-0.2, 0) is 17.9 Å². The van der Waals surface area contributed by atoms with Crippen molar-refractivity contribution in [3.63, 3.8) is 0 Å². The smallest absolute Gasteiger partial charge is 0.239 e. The Bertz CT molecular complexity index is 898. The van der Waals surface area contributed by atoms with Crippen molar-refractivity contribution in [3.05, 3.63) is 65.7 Å². The average molecular weight is 435 g/mol. The summed E-state index contributed by atoms with van der Waals surface area (Å²) < 4.78 is 0. The van der Waals surface area contributed by atoms with Gasteiger partial charge in [-0.2, -0.15) is 0 Å². The number of carbonyl (C=O) groups excluding carboxylic acids is 1. The SMILES string of the molecule is CN=C(NCc1ccc(N2CCNC(=O)C2)cc1)NCC1CCCN1Cc1ccccc1. The lowest BCUT2D eigenvalue weighted by molar-refractivity contribution is -0.120. The normalized spacial score (nSPS) is 19.7. The number of nitrogens with zero attached hydrogens (tertiary/aromatic N) is 3. The predicted octanol–water partition coefficient (Wildman–Crippen LogP) is 1.95. The number of guanidine groups is 1. The quantitative estimate of drug-likeness (QED) is 0.459. The molecule has 4 rings (SSSR count). The lowest BCUT2D eigenvalue weighted by Gasteiger charge is -2.28. The summed E-state index contributed by atoms with van der Waals surface area (Å²) in [6.45, 7) is 5.73. The second-order valence-electron chi connectivity index (χ2n) is 8.50. The fourth-order valence-electron chi connectivity index (χ4n) is 4.46. The molecule has 2 aliphatic rings. The van der Waals surface area contributed by atoms with Crippen LogP contribution in [0.4, 0.5) is 5.69 Å². The molecule has 1 amide bonds. The average Bonchev–Trinajstić information content (AvgIpc) is 3.27. The molecule has 2 aromatic carbocycles. The minimum atomic E-state index is 0.0847. The molecule has 3 N–H and O–H groups in total. The first-order chi connectivity index (χ1) is 15.7. The highest BCUT2D eigenvalue weighted by Crippen LogP contribution is 2.19. The summed E-state index contributed by atoms with van der Waals surface area (Å²) in [5.41, 5.74) is 3.64. The Hall–Kier alpha value is -3.06. The molecular weight excluding hydrogens is 400 g/mol. The van der Waals surface area contributed by atoms with Gasteiger partial charge in [0, 0.05) is 51.5 Å². The third-order valence-corrected chi connectivity index (χ3v) is 6.26. The minimum absolute atomic E-state index is 0.0847. The molecule has 7 nitrogen and oxygen atoms in total. The summed E-state index contributed by atoms with van der Waals surface area (Å²) in [6.07, 6.45) is 2.46. The zero-order chi connectivity index (χ0) is 22.2. The lowest BCUT2D eigenvalue weighted by Crippen LogP contribution is -2.47. The molecule has 0 bridgehead atoms. The zero-order valence-electron chi connectivity index (χ0n) is 18.9. The van der Waals surface area contributed by atoms with Gasteiger partial charge in [-0.05, 0) is 42.6 Å². The second-order valence-corrected chi connectivity index (χ2v) is 8.50. The highest BCUT2D eigenvalue weighted by molar-refractivity contribution is 5.82. The van der Waals surface area contributed by atoms with E-state index in [-0.39, 0.29) is 5.91 Å². The van der Waals surface area contributed by atoms with Crippen LogP contribution >= 0.6 is 0 Å². The van der Waals surface area contributed by atoms with Crippen molar-refractivity contribution in [1.29, 1.82) is 0 Å². The van der Waals surface area contributed by atoms with E-state index in [1.807, 2.05) is 7.05 Å². The maximum Gasteiger partial charge on any atom is 0.239 e. The van der Waals surface area contributed by atoms with E-state index in [9.17, 15) is 4.79 Å². The molecule has 0 radical (unpaired) electrons. The fraction of sp³-hybridized carbons (Fsp3) is 0.440.